The summed E-state index contributed by atoms with van der Waals surface area (Å²) < 4.78 is 17.2. The number of imide groups is 2. The van der Waals surface area contributed by atoms with Crippen molar-refractivity contribution in [3.63, 3.8) is 0 Å². The van der Waals surface area contributed by atoms with Gasteiger partial charge in [0.15, 0.2) is 17.2 Å². The fraction of sp³-hybridized carbons (Fsp3) is 0.433. The summed E-state index contributed by atoms with van der Waals surface area (Å²) in [4.78, 5) is 39.6. The van der Waals surface area contributed by atoms with E-state index in [4.69, 9.17) is 37.4 Å². The van der Waals surface area contributed by atoms with Crippen LogP contribution < -0.4 is 24.4 Å². The summed E-state index contributed by atoms with van der Waals surface area (Å²) in [5.74, 6) is -0.396. The highest BCUT2D eigenvalue weighted by molar-refractivity contribution is 6.40. The van der Waals surface area contributed by atoms with Gasteiger partial charge < -0.3 is 14.2 Å². The van der Waals surface area contributed by atoms with E-state index in [0.29, 0.717) is 42.6 Å². The van der Waals surface area contributed by atoms with E-state index in [1.165, 1.54) is 31.4 Å². The molecular formula is C30H36Cl2N2O6. The van der Waals surface area contributed by atoms with Crippen molar-refractivity contribution < 1.29 is 28.6 Å². The molecular weight excluding hydrogens is 555 g/mol. The molecule has 0 unspecified atom stereocenters. The molecule has 1 saturated heterocycles. The van der Waals surface area contributed by atoms with Gasteiger partial charge in [0, 0.05) is 6.07 Å². The highest BCUT2D eigenvalue weighted by atomic mass is 35.5. The van der Waals surface area contributed by atoms with Gasteiger partial charge in [0.25, 0.3) is 11.8 Å². The number of carbonyl (C=O) groups is 3. The van der Waals surface area contributed by atoms with Crippen molar-refractivity contribution in [3.05, 3.63) is 51.5 Å². The zero-order valence-electron chi connectivity index (χ0n) is 23.2. The van der Waals surface area contributed by atoms with Crippen molar-refractivity contribution in [2.24, 2.45) is 0 Å². The van der Waals surface area contributed by atoms with Crippen LogP contribution in [0.3, 0.4) is 0 Å². The summed E-state index contributed by atoms with van der Waals surface area (Å²) in [6, 6.07) is 6.97. The number of hydrogen-bond donors (Lipinski definition) is 1. The van der Waals surface area contributed by atoms with Crippen molar-refractivity contribution >= 4 is 52.8 Å². The second-order valence-corrected chi connectivity index (χ2v) is 10.1. The van der Waals surface area contributed by atoms with Crippen molar-refractivity contribution in [1.82, 2.24) is 5.32 Å². The molecule has 2 aromatic rings. The molecule has 0 radical (unpaired) electrons. The summed E-state index contributed by atoms with van der Waals surface area (Å²) in [7, 11) is 0. The Morgan fingerprint density at radius 3 is 2.17 bits per heavy atom. The van der Waals surface area contributed by atoms with Gasteiger partial charge in [-0.25, -0.2) is 9.69 Å². The third-order valence-corrected chi connectivity index (χ3v) is 6.69. The Morgan fingerprint density at radius 1 is 0.800 bits per heavy atom. The van der Waals surface area contributed by atoms with Gasteiger partial charge >= 0.3 is 6.03 Å². The zero-order chi connectivity index (χ0) is 29.1. The van der Waals surface area contributed by atoms with E-state index in [0.717, 1.165) is 30.6 Å². The number of hydrogen-bond acceptors (Lipinski definition) is 6. The molecule has 2 aromatic carbocycles. The Balaban J connectivity index is 1.80. The lowest BCUT2D eigenvalue weighted by atomic mass is 10.1. The summed E-state index contributed by atoms with van der Waals surface area (Å²) >= 11 is 12.9. The van der Waals surface area contributed by atoms with Crippen LogP contribution in [0.1, 0.15) is 71.3 Å². The van der Waals surface area contributed by atoms with Crippen molar-refractivity contribution in [3.8, 4) is 17.2 Å². The monoisotopic (exact) mass is 590 g/mol. The third-order valence-electron chi connectivity index (χ3n) is 6.12. The Hall–Kier alpha value is -3.23. The predicted octanol–water partition coefficient (Wildman–Crippen LogP) is 7.59. The van der Waals surface area contributed by atoms with Gasteiger partial charge in [0.2, 0.25) is 0 Å². The highest BCUT2D eigenvalue weighted by Gasteiger charge is 2.37. The van der Waals surface area contributed by atoms with Crippen molar-refractivity contribution in [2.45, 2.75) is 65.7 Å². The molecule has 3 rings (SSSR count). The first-order chi connectivity index (χ1) is 19.3. The smallest absolute Gasteiger partial charge is 0.335 e. The highest BCUT2D eigenvalue weighted by Crippen LogP contribution is 2.36. The minimum atomic E-state index is -0.869. The lowest BCUT2D eigenvalue weighted by Gasteiger charge is -2.27. The first-order valence-electron chi connectivity index (χ1n) is 13.7. The van der Waals surface area contributed by atoms with Crippen LogP contribution in [-0.2, 0) is 9.59 Å². The van der Waals surface area contributed by atoms with E-state index in [1.807, 2.05) is 13.8 Å². The number of anilines is 1. The number of halogens is 2. The van der Waals surface area contributed by atoms with E-state index in [9.17, 15) is 14.4 Å². The number of nitrogens with one attached hydrogen (secondary N) is 1. The third kappa shape index (κ3) is 8.15. The number of urea groups is 1. The van der Waals surface area contributed by atoms with Crippen molar-refractivity contribution in [2.75, 3.05) is 24.7 Å². The molecule has 0 bridgehead atoms. The summed E-state index contributed by atoms with van der Waals surface area (Å²) in [5.41, 5.74) is 0.382. The number of rotatable bonds is 15. The summed E-state index contributed by atoms with van der Waals surface area (Å²) in [6.07, 6.45) is 8.89. The fourth-order valence-corrected chi connectivity index (χ4v) is 4.76. The molecule has 0 aromatic heterocycles. The number of unbranched alkanes of at least 4 members (excludes halogenated alkanes) is 5. The molecule has 1 heterocycles. The lowest BCUT2D eigenvalue weighted by Crippen LogP contribution is -2.54. The minimum Gasteiger partial charge on any atom is -0.490 e. The number of amides is 4. The van der Waals surface area contributed by atoms with Crippen LogP contribution in [0.4, 0.5) is 10.5 Å². The molecule has 0 spiro atoms. The van der Waals surface area contributed by atoms with Crippen LogP contribution in [0.2, 0.25) is 10.0 Å². The van der Waals surface area contributed by atoms with E-state index < -0.39 is 17.8 Å². The van der Waals surface area contributed by atoms with Gasteiger partial charge in [0.1, 0.15) is 5.57 Å². The molecule has 10 heteroatoms. The van der Waals surface area contributed by atoms with Crippen LogP contribution in [-0.4, -0.2) is 37.7 Å². The van der Waals surface area contributed by atoms with Crippen LogP contribution in [0, 0.1) is 0 Å². The molecule has 40 heavy (non-hydrogen) atoms. The maximum atomic E-state index is 13.4. The first kappa shape index (κ1) is 31.3. The standard InChI is InChI=1S/C30H36Cl2N2O6/c1-4-7-8-9-10-11-15-40-27-23(31)17-20(18-24(27)32)16-22-28(35)33-30(37)34(29(22)36)21-12-13-25(39-14-5-2)26(19-21)38-6-3/h12-13,16-19H,4-11,14-15H2,1-3H3,(H,33,35,37)/b22-16+. The molecule has 0 saturated carbocycles. The maximum absolute atomic E-state index is 13.4. The van der Waals surface area contributed by atoms with Crippen LogP contribution in [0.15, 0.2) is 35.9 Å². The summed E-state index contributed by atoms with van der Waals surface area (Å²) in [6.45, 7) is 7.30. The molecule has 1 fully saturated rings. The fourth-order valence-electron chi connectivity index (χ4n) is 4.15. The van der Waals surface area contributed by atoms with E-state index in [2.05, 4.69) is 12.2 Å². The van der Waals surface area contributed by atoms with Gasteiger partial charge in [-0.2, -0.15) is 0 Å². The van der Waals surface area contributed by atoms with Gasteiger partial charge in [-0.05, 0) is 55.7 Å². The molecule has 216 valence electrons. The number of carbonyl (C=O) groups excluding carboxylic acids is 3. The van der Waals surface area contributed by atoms with E-state index in [-0.39, 0.29) is 21.3 Å². The first-order valence-corrected chi connectivity index (χ1v) is 14.5. The topological polar surface area (TPSA) is 94.2 Å². The normalized spacial score (nSPS) is 14.5. The Bertz CT molecular complexity index is 1220. The number of barbiturate groups is 1. The van der Waals surface area contributed by atoms with E-state index in [1.54, 1.807) is 24.3 Å². The molecule has 1 N–H and O–H groups in total. The Labute approximate surface area is 245 Å². The van der Waals surface area contributed by atoms with Gasteiger partial charge in [-0.3, -0.25) is 14.9 Å². The lowest BCUT2D eigenvalue weighted by molar-refractivity contribution is -0.122. The second-order valence-electron chi connectivity index (χ2n) is 9.30. The van der Waals surface area contributed by atoms with Crippen LogP contribution >= 0.6 is 23.2 Å². The zero-order valence-corrected chi connectivity index (χ0v) is 24.7. The van der Waals surface area contributed by atoms with E-state index >= 15 is 0 Å². The average Bonchev–Trinajstić information content (AvgIpc) is 2.91. The summed E-state index contributed by atoms with van der Waals surface area (Å²) in [5, 5.41) is 2.73. The van der Waals surface area contributed by atoms with Crippen LogP contribution in [0.25, 0.3) is 6.08 Å². The van der Waals surface area contributed by atoms with Crippen LogP contribution in [0.5, 0.6) is 17.2 Å². The number of nitrogens with zero attached hydrogens (tertiary/aromatic N) is 1. The minimum absolute atomic E-state index is 0.225. The number of benzene rings is 2. The molecule has 4 amide bonds. The molecule has 1 aliphatic heterocycles. The quantitative estimate of drug-likeness (QED) is 0.130. The maximum Gasteiger partial charge on any atom is 0.335 e. The molecule has 8 nitrogen and oxygen atoms in total. The number of ether oxygens (including phenoxy) is 3. The molecule has 1 aliphatic rings. The van der Waals surface area contributed by atoms with Gasteiger partial charge in [-0.1, -0.05) is 69.2 Å². The van der Waals surface area contributed by atoms with Gasteiger partial charge in [-0.15, -0.1) is 0 Å². The molecule has 0 aliphatic carbocycles. The largest absolute Gasteiger partial charge is 0.490 e. The predicted molar refractivity (Wildman–Crippen MR) is 158 cm³/mol. The average molecular weight is 592 g/mol. The second kappa shape index (κ2) is 15.5. The Kier molecular flexibility index (Phi) is 12.2. The molecule has 0 atom stereocenters. The van der Waals surface area contributed by atoms with Crippen molar-refractivity contribution in [1.29, 1.82) is 0 Å². The Morgan fingerprint density at radius 2 is 1.50 bits per heavy atom. The SMILES string of the molecule is CCCCCCCCOc1c(Cl)cc(/C=C2\C(=O)NC(=O)N(c3ccc(OCCC)c(OCC)c3)C2=O)cc1Cl. The van der Waals surface area contributed by atoms with Gasteiger partial charge in [0.05, 0.1) is 35.6 Å².